The summed E-state index contributed by atoms with van der Waals surface area (Å²) in [5.74, 6) is 0.465. The predicted octanol–water partition coefficient (Wildman–Crippen LogP) is 3.33. The highest BCUT2D eigenvalue weighted by molar-refractivity contribution is 14.1. The van der Waals surface area contributed by atoms with E-state index in [1.54, 1.807) is 24.1 Å². The number of carbonyl (C=O) groups is 2. The van der Waals surface area contributed by atoms with Gasteiger partial charge in [-0.3, -0.25) is 9.59 Å². The van der Waals surface area contributed by atoms with E-state index in [0.29, 0.717) is 42.3 Å². The summed E-state index contributed by atoms with van der Waals surface area (Å²) in [6, 6.07) is 3.55. The molecule has 1 heterocycles. The van der Waals surface area contributed by atoms with Crippen molar-refractivity contribution in [1.29, 1.82) is 0 Å². The van der Waals surface area contributed by atoms with Crippen molar-refractivity contribution in [3.8, 4) is 5.75 Å². The molecule has 2 rings (SSSR count). The van der Waals surface area contributed by atoms with Crippen molar-refractivity contribution in [2.75, 3.05) is 20.2 Å². The van der Waals surface area contributed by atoms with Gasteiger partial charge >= 0.3 is 0 Å². The Hall–Kier alpha value is -1.02. The minimum Gasteiger partial charge on any atom is -0.496 e. The number of rotatable bonds is 4. The van der Waals surface area contributed by atoms with Crippen molar-refractivity contribution < 1.29 is 14.3 Å². The molecule has 1 N–H and O–H groups in total. The molecular weight excluding hydrogens is 443 g/mol. The lowest BCUT2D eigenvalue weighted by atomic mass is 9.95. The number of nitrogens with one attached hydrogen (secondary N) is 1. The largest absolute Gasteiger partial charge is 0.496 e. The van der Waals surface area contributed by atoms with E-state index in [2.05, 4.69) is 27.9 Å². The molecule has 1 aliphatic heterocycles. The minimum absolute atomic E-state index is 0.0290. The van der Waals surface area contributed by atoms with Crippen LogP contribution < -0.4 is 10.1 Å². The van der Waals surface area contributed by atoms with Gasteiger partial charge in [0.25, 0.3) is 5.91 Å². The monoisotopic (exact) mass is 464 g/mol. The maximum atomic E-state index is 12.8. The molecule has 7 heteroatoms. The molecule has 0 aromatic heterocycles. The standard InChI is InChI=1S/C17H22ClIN2O3/c1-10(2)20-16(22)11-4-6-21(7-5-11)17(23)12-8-13(18)14(19)9-15(12)24-3/h8-11H,4-7H2,1-3H3,(H,20,22). The van der Waals surface area contributed by atoms with Crippen molar-refractivity contribution in [1.82, 2.24) is 10.2 Å². The zero-order valence-electron chi connectivity index (χ0n) is 14.1. The lowest BCUT2D eigenvalue weighted by Crippen LogP contribution is -2.44. The van der Waals surface area contributed by atoms with Crippen LogP contribution in [-0.4, -0.2) is 43.0 Å². The van der Waals surface area contributed by atoms with Crippen LogP contribution in [0.1, 0.15) is 37.0 Å². The first-order valence-electron chi connectivity index (χ1n) is 7.96. The van der Waals surface area contributed by atoms with Crippen molar-refractivity contribution in [3.63, 3.8) is 0 Å². The minimum atomic E-state index is -0.104. The maximum Gasteiger partial charge on any atom is 0.257 e. The number of amides is 2. The van der Waals surface area contributed by atoms with Gasteiger partial charge in [-0.1, -0.05) is 11.6 Å². The Morgan fingerprint density at radius 1 is 1.33 bits per heavy atom. The second kappa shape index (κ2) is 8.38. The Morgan fingerprint density at radius 2 is 1.96 bits per heavy atom. The van der Waals surface area contributed by atoms with Crippen LogP contribution in [0.25, 0.3) is 0 Å². The zero-order valence-corrected chi connectivity index (χ0v) is 17.0. The topological polar surface area (TPSA) is 58.6 Å². The predicted molar refractivity (Wildman–Crippen MR) is 103 cm³/mol. The molecule has 0 saturated carbocycles. The molecule has 1 fully saturated rings. The van der Waals surface area contributed by atoms with Crippen LogP contribution >= 0.6 is 34.2 Å². The number of likely N-dealkylation sites (tertiary alicyclic amines) is 1. The number of piperidine rings is 1. The molecule has 0 unspecified atom stereocenters. The molecule has 132 valence electrons. The Labute approximate surface area is 161 Å². The van der Waals surface area contributed by atoms with Crippen molar-refractivity contribution in [2.45, 2.75) is 32.7 Å². The number of nitrogens with zero attached hydrogens (tertiary/aromatic N) is 1. The normalized spacial score (nSPS) is 15.5. The van der Waals surface area contributed by atoms with E-state index in [-0.39, 0.29) is 23.8 Å². The van der Waals surface area contributed by atoms with Crippen LogP contribution in [0.4, 0.5) is 0 Å². The molecule has 1 aliphatic rings. The number of carbonyl (C=O) groups excluding carboxylic acids is 2. The second-order valence-corrected chi connectivity index (χ2v) is 7.77. The summed E-state index contributed by atoms with van der Waals surface area (Å²) in [4.78, 5) is 26.6. The van der Waals surface area contributed by atoms with Crippen LogP contribution in [0.3, 0.4) is 0 Å². The summed E-state index contributed by atoms with van der Waals surface area (Å²) in [5.41, 5.74) is 0.466. The first kappa shape index (κ1) is 19.3. The molecule has 24 heavy (non-hydrogen) atoms. The average Bonchev–Trinajstić information content (AvgIpc) is 2.55. The van der Waals surface area contributed by atoms with Crippen LogP contribution in [0.5, 0.6) is 5.75 Å². The average molecular weight is 465 g/mol. The van der Waals surface area contributed by atoms with Gasteiger partial charge in [-0.15, -0.1) is 0 Å². The highest BCUT2D eigenvalue weighted by atomic mass is 127. The Morgan fingerprint density at radius 3 is 2.50 bits per heavy atom. The number of hydrogen-bond acceptors (Lipinski definition) is 3. The van der Waals surface area contributed by atoms with Gasteiger partial charge in [0.1, 0.15) is 5.75 Å². The van der Waals surface area contributed by atoms with E-state index in [9.17, 15) is 9.59 Å². The lowest BCUT2D eigenvalue weighted by molar-refractivity contribution is -0.126. The summed E-state index contributed by atoms with van der Waals surface area (Å²) in [6.07, 6.45) is 1.34. The first-order valence-corrected chi connectivity index (χ1v) is 9.41. The molecule has 1 aromatic carbocycles. The van der Waals surface area contributed by atoms with Gasteiger partial charge in [0.05, 0.1) is 17.7 Å². The fraction of sp³-hybridized carbons (Fsp3) is 0.529. The lowest BCUT2D eigenvalue weighted by Gasteiger charge is -2.32. The Kier molecular flexibility index (Phi) is 6.74. The first-order chi connectivity index (χ1) is 11.3. The summed E-state index contributed by atoms with van der Waals surface area (Å²) in [7, 11) is 1.54. The number of halogens is 2. The van der Waals surface area contributed by atoms with Gasteiger partial charge in [-0.05, 0) is 61.4 Å². The highest BCUT2D eigenvalue weighted by Gasteiger charge is 2.29. The van der Waals surface area contributed by atoms with Gasteiger partial charge in [0, 0.05) is 28.6 Å². The molecule has 0 spiro atoms. The quantitative estimate of drug-likeness (QED) is 0.696. The van der Waals surface area contributed by atoms with Crippen LogP contribution in [0.15, 0.2) is 12.1 Å². The van der Waals surface area contributed by atoms with E-state index in [4.69, 9.17) is 16.3 Å². The van der Waals surface area contributed by atoms with E-state index in [1.165, 1.54) is 0 Å². The zero-order chi connectivity index (χ0) is 17.9. The smallest absolute Gasteiger partial charge is 0.257 e. The van der Waals surface area contributed by atoms with Crippen molar-refractivity contribution in [2.24, 2.45) is 5.92 Å². The maximum absolute atomic E-state index is 12.8. The second-order valence-electron chi connectivity index (χ2n) is 6.20. The van der Waals surface area contributed by atoms with Gasteiger partial charge in [0.15, 0.2) is 0 Å². The Bertz CT molecular complexity index is 629. The molecule has 0 aliphatic carbocycles. The van der Waals surface area contributed by atoms with Gasteiger partial charge in [-0.25, -0.2) is 0 Å². The fourth-order valence-electron chi connectivity index (χ4n) is 2.78. The number of methoxy groups -OCH3 is 1. The van der Waals surface area contributed by atoms with Gasteiger partial charge < -0.3 is 15.0 Å². The molecule has 0 radical (unpaired) electrons. The third-order valence-corrected chi connectivity index (χ3v) is 5.58. The highest BCUT2D eigenvalue weighted by Crippen LogP contribution is 2.30. The summed E-state index contributed by atoms with van der Waals surface area (Å²) < 4.78 is 6.16. The Balaban J connectivity index is 2.06. The third-order valence-electron chi connectivity index (χ3n) is 4.06. The molecule has 5 nitrogen and oxygen atoms in total. The molecular formula is C17H22ClIN2O3. The van der Waals surface area contributed by atoms with Gasteiger partial charge in [-0.2, -0.15) is 0 Å². The van der Waals surface area contributed by atoms with Gasteiger partial charge in [0.2, 0.25) is 5.91 Å². The van der Waals surface area contributed by atoms with Crippen LogP contribution in [0.2, 0.25) is 5.02 Å². The van der Waals surface area contributed by atoms with E-state index >= 15 is 0 Å². The number of benzene rings is 1. The third kappa shape index (κ3) is 4.53. The fourth-order valence-corrected chi connectivity index (χ4v) is 3.38. The van der Waals surface area contributed by atoms with E-state index < -0.39 is 0 Å². The molecule has 1 saturated heterocycles. The molecule has 2 amide bonds. The summed E-state index contributed by atoms with van der Waals surface area (Å²) >= 11 is 8.26. The van der Waals surface area contributed by atoms with Crippen LogP contribution in [-0.2, 0) is 4.79 Å². The number of ether oxygens (including phenoxy) is 1. The van der Waals surface area contributed by atoms with E-state index in [0.717, 1.165) is 3.57 Å². The summed E-state index contributed by atoms with van der Waals surface area (Å²) in [5, 5.41) is 3.47. The SMILES string of the molecule is COc1cc(I)c(Cl)cc1C(=O)N1CCC(C(=O)NC(C)C)CC1. The molecule has 0 bridgehead atoms. The van der Waals surface area contributed by atoms with Crippen molar-refractivity contribution >= 4 is 46.0 Å². The molecule has 1 aromatic rings. The van der Waals surface area contributed by atoms with Crippen LogP contribution in [0, 0.1) is 9.49 Å². The number of hydrogen-bond donors (Lipinski definition) is 1. The van der Waals surface area contributed by atoms with E-state index in [1.807, 2.05) is 13.8 Å². The molecule has 0 atom stereocenters. The van der Waals surface area contributed by atoms with Crippen molar-refractivity contribution in [3.05, 3.63) is 26.3 Å². The summed E-state index contributed by atoms with van der Waals surface area (Å²) in [6.45, 7) is 5.01.